The highest BCUT2D eigenvalue weighted by molar-refractivity contribution is 7.86. The van der Waals surface area contributed by atoms with Crippen LogP contribution in [0.5, 0.6) is 5.75 Å². The summed E-state index contributed by atoms with van der Waals surface area (Å²) < 4.78 is 36.0. The Balaban J connectivity index is 1.40. The van der Waals surface area contributed by atoms with Crippen LogP contribution in [0.25, 0.3) is 11.1 Å². The smallest absolute Gasteiger partial charge is 0.298 e. The highest BCUT2D eigenvalue weighted by atomic mass is 32.2. The predicted octanol–water partition coefficient (Wildman–Crippen LogP) is 7.04. The maximum atomic E-state index is 12.4. The van der Waals surface area contributed by atoms with Crippen LogP contribution in [0.1, 0.15) is 35.6 Å². The minimum Gasteiger partial charge on any atom is -0.492 e. The Morgan fingerprint density at radius 1 is 0.744 bits per heavy atom. The van der Waals surface area contributed by atoms with Crippen LogP contribution in [-0.2, 0) is 14.3 Å². The van der Waals surface area contributed by atoms with Crippen LogP contribution in [0, 0.1) is 6.92 Å². The zero-order valence-corrected chi connectivity index (χ0v) is 23.5. The zero-order chi connectivity index (χ0) is 27.7. The molecular formula is C33H35NO4S. The van der Waals surface area contributed by atoms with Gasteiger partial charge >= 0.3 is 0 Å². The van der Waals surface area contributed by atoms with E-state index in [1.807, 2.05) is 31.2 Å². The summed E-state index contributed by atoms with van der Waals surface area (Å²) in [5, 5.41) is 0. The van der Waals surface area contributed by atoms with E-state index in [0.29, 0.717) is 13.2 Å². The molecule has 0 spiro atoms. The first-order valence-electron chi connectivity index (χ1n) is 13.1. The highest BCUT2D eigenvalue weighted by Gasteiger charge is 2.16. The third-order valence-electron chi connectivity index (χ3n) is 6.46. The van der Waals surface area contributed by atoms with Crippen molar-refractivity contribution in [2.24, 2.45) is 0 Å². The van der Waals surface area contributed by atoms with Crippen LogP contribution in [0.3, 0.4) is 0 Å². The van der Waals surface area contributed by atoms with Gasteiger partial charge in [0.25, 0.3) is 10.1 Å². The number of hydrogen-bond donors (Lipinski definition) is 0. The lowest BCUT2D eigenvalue weighted by molar-refractivity contribution is 0.137. The minimum atomic E-state index is -3.80. The first kappa shape index (κ1) is 28.3. The Morgan fingerprint density at radius 2 is 1.31 bits per heavy atom. The van der Waals surface area contributed by atoms with Gasteiger partial charge in [-0.1, -0.05) is 97.4 Å². The Bertz CT molecular complexity index is 1460. The van der Waals surface area contributed by atoms with Crippen molar-refractivity contribution in [3.05, 3.63) is 131 Å². The van der Waals surface area contributed by atoms with E-state index in [-0.39, 0.29) is 11.6 Å². The summed E-state index contributed by atoms with van der Waals surface area (Å²) in [6.45, 7) is 4.95. The number of likely N-dealkylation sites (N-methyl/N-ethyl adjacent to an activating group) is 1. The predicted molar refractivity (Wildman–Crippen MR) is 158 cm³/mol. The van der Waals surface area contributed by atoms with Crippen molar-refractivity contribution in [1.29, 1.82) is 0 Å². The molecule has 4 aromatic carbocycles. The van der Waals surface area contributed by atoms with E-state index in [0.717, 1.165) is 23.3 Å². The molecule has 0 aromatic heterocycles. The summed E-state index contributed by atoms with van der Waals surface area (Å²) in [4.78, 5) is 1.92. The fourth-order valence-electron chi connectivity index (χ4n) is 4.32. The second-order valence-corrected chi connectivity index (χ2v) is 11.0. The first-order chi connectivity index (χ1) is 18.9. The summed E-state index contributed by atoms with van der Waals surface area (Å²) in [6, 6.07) is 35.7. The number of aryl methyl sites for hydroxylation is 1. The second kappa shape index (κ2) is 13.4. The van der Waals surface area contributed by atoms with Crippen molar-refractivity contribution < 1.29 is 17.3 Å². The van der Waals surface area contributed by atoms with Gasteiger partial charge in [-0.3, -0.25) is 9.08 Å². The van der Waals surface area contributed by atoms with Gasteiger partial charge in [-0.15, -0.1) is 0 Å². The first-order valence-corrected chi connectivity index (χ1v) is 14.5. The molecular weight excluding hydrogens is 506 g/mol. The van der Waals surface area contributed by atoms with Gasteiger partial charge in [-0.05, 0) is 72.5 Å². The second-order valence-electron chi connectivity index (χ2n) is 9.41. The molecule has 0 fully saturated rings. The van der Waals surface area contributed by atoms with Crippen LogP contribution >= 0.6 is 0 Å². The maximum absolute atomic E-state index is 12.4. The Morgan fingerprint density at radius 3 is 1.90 bits per heavy atom. The molecule has 0 saturated heterocycles. The van der Waals surface area contributed by atoms with E-state index in [1.165, 1.54) is 22.3 Å². The Labute approximate surface area is 232 Å². The molecule has 0 radical (unpaired) electrons. The molecule has 6 heteroatoms. The van der Waals surface area contributed by atoms with E-state index in [4.69, 9.17) is 8.92 Å². The van der Waals surface area contributed by atoms with E-state index >= 15 is 0 Å². The number of nitrogens with zero attached hydrogens (tertiary/aromatic N) is 1. The molecule has 0 saturated carbocycles. The third-order valence-corrected chi connectivity index (χ3v) is 7.73. The summed E-state index contributed by atoms with van der Waals surface area (Å²) in [6.07, 6.45) is 0.903. The summed E-state index contributed by atoms with van der Waals surface area (Å²) in [5.74, 6) is 0.755. The van der Waals surface area contributed by atoms with Crippen LogP contribution < -0.4 is 4.74 Å². The molecule has 0 N–H and O–H groups in total. The van der Waals surface area contributed by atoms with Crippen molar-refractivity contribution in [2.75, 3.05) is 26.9 Å². The molecule has 4 rings (SSSR count). The van der Waals surface area contributed by atoms with Crippen molar-refractivity contribution >= 4 is 21.3 Å². The van der Waals surface area contributed by atoms with Crippen LogP contribution in [0.2, 0.25) is 0 Å². The molecule has 0 bridgehead atoms. The fourth-order valence-corrected chi connectivity index (χ4v) is 5.24. The van der Waals surface area contributed by atoms with E-state index in [1.54, 1.807) is 36.2 Å². The average molecular weight is 542 g/mol. The maximum Gasteiger partial charge on any atom is 0.298 e. The molecule has 4 aromatic rings. The van der Waals surface area contributed by atoms with Gasteiger partial charge < -0.3 is 4.74 Å². The molecule has 0 heterocycles. The molecule has 0 unspecified atom stereocenters. The third kappa shape index (κ3) is 7.67. The molecule has 0 amide bonds. The van der Waals surface area contributed by atoms with Gasteiger partial charge in [0.15, 0.2) is 0 Å². The minimum absolute atomic E-state index is 0.0526. The topological polar surface area (TPSA) is 55.8 Å². The van der Waals surface area contributed by atoms with Crippen molar-refractivity contribution in [3.8, 4) is 5.75 Å². The normalized spacial score (nSPS) is 12.3. The van der Waals surface area contributed by atoms with Crippen LogP contribution in [-0.4, -0.2) is 40.2 Å². The number of rotatable bonds is 12. The van der Waals surface area contributed by atoms with Crippen molar-refractivity contribution in [1.82, 2.24) is 4.90 Å². The van der Waals surface area contributed by atoms with Gasteiger partial charge in [0, 0.05) is 6.54 Å². The number of ether oxygens (including phenoxy) is 1. The van der Waals surface area contributed by atoms with Gasteiger partial charge in [0.2, 0.25) is 0 Å². The lowest BCUT2D eigenvalue weighted by atomic mass is 9.88. The number of hydrogen-bond acceptors (Lipinski definition) is 5. The summed E-state index contributed by atoms with van der Waals surface area (Å²) in [7, 11) is -2.01. The molecule has 5 nitrogen and oxygen atoms in total. The Hall–Kier alpha value is -3.71. The monoisotopic (exact) mass is 541 g/mol. The quantitative estimate of drug-likeness (QED) is 0.109. The molecule has 0 aliphatic carbocycles. The van der Waals surface area contributed by atoms with Gasteiger partial charge in [-0.2, -0.15) is 8.42 Å². The molecule has 39 heavy (non-hydrogen) atoms. The van der Waals surface area contributed by atoms with Gasteiger partial charge in [0.1, 0.15) is 19.1 Å². The Kier molecular flexibility index (Phi) is 9.71. The van der Waals surface area contributed by atoms with E-state index in [2.05, 4.69) is 67.6 Å². The van der Waals surface area contributed by atoms with E-state index < -0.39 is 10.1 Å². The molecule has 0 atom stereocenters. The largest absolute Gasteiger partial charge is 0.492 e. The number of allylic oxidation sites excluding steroid dienone is 1. The number of benzene rings is 4. The lowest BCUT2D eigenvalue weighted by Crippen LogP contribution is -2.28. The van der Waals surface area contributed by atoms with Crippen LogP contribution in [0.4, 0.5) is 0 Å². The summed E-state index contributed by atoms with van der Waals surface area (Å²) >= 11 is 0. The highest BCUT2D eigenvalue weighted by Crippen LogP contribution is 2.34. The zero-order valence-electron chi connectivity index (χ0n) is 22.7. The fraction of sp³-hybridized carbons (Fsp3) is 0.212. The lowest BCUT2D eigenvalue weighted by Gasteiger charge is -2.18. The van der Waals surface area contributed by atoms with Gasteiger partial charge in [0.05, 0.1) is 4.90 Å². The average Bonchev–Trinajstić information content (AvgIpc) is 2.96. The van der Waals surface area contributed by atoms with Gasteiger partial charge in [-0.25, -0.2) is 0 Å². The van der Waals surface area contributed by atoms with E-state index in [9.17, 15) is 8.42 Å². The standard InChI is InChI=1S/C33H35NO4S/c1-4-32(27-11-7-5-8-12-27)33(28-13-9-6-10-14-28)29-17-19-30(20-18-29)37-24-23-34(3)25-38-39(35,36)31-21-15-26(2)16-22-31/h5-22H,4,23-25H2,1-3H3/b33-32-. The SMILES string of the molecule is CC/C(=C(\c1ccccc1)c1ccc(OCCN(C)COS(=O)(=O)c2ccc(C)cc2)cc1)c1ccccc1. The summed E-state index contributed by atoms with van der Waals surface area (Å²) in [5.41, 5.74) is 7.01. The van der Waals surface area contributed by atoms with Crippen molar-refractivity contribution in [3.63, 3.8) is 0 Å². The van der Waals surface area contributed by atoms with Crippen molar-refractivity contribution in [2.45, 2.75) is 25.2 Å². The molecule has 0 aliphatic heterocycles. The van der Waals surface area contributed by atoms with Crippen LogP contribution in [0.15, 0.2) is 114 Å². The molecule has 0 aliphatic rings. The molecule has 202 valence electrons.